The van der Waals surface area contributed by atoms with E-state index < -0.39 is 5.92 Å². The van der Waals surface area contributed by atoms with Crippen LogP contribution in [0.2, 0.25) is 0 Å². The molecule has 0 N–H and O–H groups in total. The van der Waals surface area contributed by atoms with Gasteiger partial charge in [0, 0.05) is 0 Å². The van der Waals surface area contributed by atoms with Crippen molar-refractivity contribution >= 4 is 27.3 Å². The highest BCUT2D eigenvalue weighted by Crippen LogP contribution is 2.35. The van der Waals surface area contributed by atoms with E-state index in [4.69, 9.17) is 9.47 Å². The molecule has 0 fully saturated rings. The Labute approximate surface area is 143 Å². The average molecular weight is 338 g/mol. The van der Waals surface area contributed by atoms with Crippen LogP contribution in [0.4, 0.5) is 0 Å². The van der Waals surface area contributed by atoms with E-state index in [0.717, 1.165) is 10.2 Å². The third-order valence-corrected chi connectivity index (χ3v) is 4.72. The third-order valence-electron chi connectivity index (χ3n) is 3.62. The molecule has 3 aromatic rings. The van der Waals surface area contributed by atoms with Gasteiger partial charge in [0.2, 0.25) is 0 Å². The molecule has 0 amide bonds. The molecule has 0 aliphatic carbocycles. The molecule has 0 spiro atoms. The van der Waals surface area contributed by atoms with Gasteiger partial charge in [-0.3, -0.25) is 4.79 Å². The van der Waals surface area contributed by atoms with E-state index in [2.05, 4.69) is 11.1 Å². The van der Waals surface area contributed by atoms with Crippen LogP contribution in [-0.2, 0) is 0 Å². The van der Waals surface area contributed by atoms with Crippen LogP contribution in [0, 0.1) is 11.3 Å². The van der Waals surface area contributed by atoms with E-state index in [1.807, 2.05) is 24.3 Å². The first-order chi connectivity index (χ1) is 11.7. The molecule has 0 saturated heterocycles. The van der Waals surface area contributed by atoms with Crippen molar-refractivity contribution in [1.82, 2.24) is 4.98 Å². The van der Waals surface area contributed by atoms with Crippen molar-refractivity contribution in [3.05, 3.63) is 53.0 Å². The molecule has 0 saturated carbocycles. The normalized spacial score (nSPS) is 11.7. The van der Waals surface area contributed by atoms with Gasteiger partial charge in [0.15, 0.2) is 11.7 Å². The quantitative estimate of drug-likeness (QED) is 0.662. The largest absolute Gasteiger partial charge is 0.496 e. The number of hydrogen-bond donors (Lipinski definition) is 0. The lowest BCUT2D eigenvalue weighted by Crippen LogP contribution is -2.13. The van der Waals surface area contributed by atoms with Gasteiger partial charge >= 0.3 is 0 Å². The molecule has 6 heteroatoms. The number of ketones is 1. The summed E-state index contributed by atoms with van der Waals surface area (Å²) in [6.07, 6.45) is 0. The zero-order chi connectivity index (χ0) is 17.1. The van der Waals surface area contributed by atoms with Gasteiger partial charge in [-0.25, -0.2) is 4.98 Å². The van der Waals surface area contributed by atoms with E-state index >= 15 is 0 Å². The number of nitriles is 1. The maximum atomic E-state index is 13.0. The summed E-state index contributed by atoms with van der Waals surface area (Å²) in [6, 6.07) is 14.7. The van der Waals surface area contributed by atoms with Crippen LogP contribution in [0.5, 0.6) is 11.5 Å². The van der Waals surface area contributed by atoms with Crippen molar-refractivity contribution in [2.45, 2.75) is 5.92 Å². The smallest absolute Gasteiger partial charge is 0.194 e. The molecule has 5 nitrogen and oxygen atoms in total. The molecule has 24 heavy (non-hydrogen) atoms. The first kappa shape index (κ1) is 16.0. The molecule has 0 radical (unpaired) electrons. The predicted molar refractivity (Wildman–Crippen MR) is 91.9 cm³/mol. The molecular weight excluding hydrogens is 324 g/mol. The Kier molecular flexibility index (Phi) is 4.45. The number of thiazole rings is 1. The second-order valence-corrected chi connectivity index (χ2v) is 6.05. The molecule has 0 aliphatic heterocycles. The van der Waals surface area contributed by atoms with Gasteiger partial charge in [-0.15, -0.1) is 11.3 Å². The molecule has 2 aromatic carbocycles. The molecule has 120 valence electrons. The minimum atomic E-state index is -1.01. The van der Waals surface area contributed by atoms with Crippen molar-refractivity contribution < 1.29 is 14.3 Å². The number of Topliss-reactive ketones (excluding diaryl/α,β-unsaturated/α-hetero) is 1. The Bertz CT molecular complexity index is 888. The maximum absolute atomic E-state index is 13.0. The lowest BCUT2D eigenvalue weighted by Gasteiger charge is -2.13. The number of fused-ring (bicyclic) bond motifs is 1. The Balaban J connectivity index is 2.09. The molecule has 0 bridgehead atoms. The zero-order valence-electron chi connectivity index (χ0n) is 13.1. The summed E-state index contributed by atoms with van der Waals surface area (Å²) in [7, 11) is 2.95. The topological polar surface area (TPSA) is 72.2 Å². The summed E-state index contributed by atoms with van der Waals surface area (Å²) in [5, 5.41) is 10.0. The second-order valence-electron chi connectivity index (χ2n) is 4.98. The SMILES string of the molecule is COc1cccc(OC)c1C(=O)[C@H](C#N)c1nc2ccccc2s1. The number of methoxy groups -OCH3 is 2. The third kappa shape index (κ3) is 2.70. The van der Waals surface area contributed by atoms with E-state index in [9.17, 15) is 10.1 Å². The van der Waals surface area contributed by atoms with Crippen LogP contribution in [0.25, 0.3) is 10.2 Å². The fraction of sp³-hybridized carbons (Fsp3) is 0.167. The van der Waals surface area contributed by atoms with Crippen molar-refractivity contribution in [3.8, 4) is 17.6 Å². The number of benzene rings is 2. The molecule has 0 aliphatic rings. The number of para-hydroxylation sites is 1. The van der Waals surface area contributed by atoms with Gasteiger partial charge in [0.25, 0.3) is 0 Å². The number of ether oxygens (including phenoxy) is 2. The van der Waals surface area contributed by atoms with E-state index in [-0.39, 0.29) is 11.3 Å². The summed E-state index contributed by atoms with van der Waals surface area (Å²) < 4.78 is 11.5. The van der Waals surface area contributed by atoms with Gasteiger partial charge in [-0.1, -0.05) is 18.2 Å². The molecule has 1 heterocycles. The van der Waals surface area contributed by atoms with Crippen LogP contribution >= 0.6 is 11.3 Å². The highest BCUT2D eigenvalue weighted by molar-refractivity contribution is 7.18. The summed E-state index contributed by atoms with van der Waals surface area (Å²) in [5.41, 5.74) is 1.03. The molecule has 1 atom stereocenters. The molecule has 0 unspecified atom stereocenters. The number of rotatable bonds is 5. The zero-order valence-corrected chi connectivity index (χ0v) is 14.0. The van der Waals surface area contributed by atoms with Gasteiger partial charge < -0.3 is 9.47 Å². The summed E-state index contributed by atoms with van der Waals surface area (Å²) >= 11 is 1.34. The maximum Gasteiger partial charge on any atom is 0.194 e. The Morgan fingerprint density at radius 2 is 1.79 bits per heavy atom. The Morgan fingerprint density at radius 1 is 1.12 bits per heavy atom. The van der Waals surface area contributed by atoms with Crippen LogP contribution in [-0.4, -0.2) is 25.0 Å². The van der Waals surface area contributed by atoms with Crippen LogP contribution in [0.1, 0.15) is 21.3 Å². The van der Waals surface area contributed by atoms with E-state index in [1.165, 1.54) is 25.6 Å². The monoisotopic (exact) mass is 338 g/mol. The first-order valence-electron chi connectivity index (χ1n) is 7.20. The lowest BCUT2D eigenvalue weighted by atomic mass is 9.97. The fourth-order valence-corrected chi connectivity index (χ4v) is 3.49. The van der Waals surface area contributed by atoms with Crippen LogP contribution in [0.15, 0.2) is 42.5 Å². The van der Waals surface area contributed by atoms with Crippen molar-refractivity contribution in [2.24, 2.45) is 0 Å². The first-order valence-corrected chi connectivity index (χ1v) is 8.01. The molecular formula is C18H14N2O3S. The summed E-state index contributed by atoms with van der Waals surface area (Å²) in [5.74, 6) is -0.639. The number of hydrogen-bond acceptors (Lipinski definition) is 6. The standard InChI is InChI=1S/C18H14N2O3S/c1-22-13-7-5-8-14(23-2)16(13)17(21)11(10-19)18-20-12-6-3-4-9-15(12)24-18/h3-9,11H,1-2H3/t11-/m0/s1. The van der Waals surface area contributed by atoms with E-state index in [0.29, 0.717) is 16.5 Å². The van der Waals surface area contributed by atoms with Crippen LogP contribution < -0.4 is 9.47 Å². The number of carbonyl (C=O) groups excluding carboxylic acids is 1. The highest BCUT2D eigenvalue weighted by Gasteiger charge is 2.30. The molecule has 1 aromatic heterocycles. The van der Waals surface area contributed by atoms with Gasteiger partial charge in [-0.05, 0) is 24.3 Å². The fourth-order valence-electron chi connectivity index (χ4n) is 2.48. The minimum Gasteiger partial charge on any atom is -0.496 e. The average Bonchev–Trinajstić information content (AvgIpc) is 3.04. The predicted octanol–water partition coefficient (Wildman–Crippen LogP) is 3.80. The van der Waals surface area contributed by atoms with Gasteiger partial charge in [0.1, 0.15) is 22.1 Å². The van der Waals surface area contributed by atoms with Gasteiger partial charge in [0.05, 0.1) is 30.5 Å². The lowest BCUT2D eigenvalue weighted by molar-refractivity contribution is 0.0972. The van der Waals surface area contributed by atoms with Gasteiger partial charge in [-0.2, -0.15) is 5.26 Å². The van der Waals surface area contributed by atoms with Crippen molar-refractivity contribution in [1.29, 1.82) is 5.26 Å². The highest BCUT2D eigenvalue weighted by atomic mass is 32.1. The number of carbonyl (C=O) groups is 1. The number of nitrogens with zero attached hydrogens (tertiary/aromatic N) is 2. The minimum absolute atomic E-state index is 0.258. The number of aromatic nitrogens is 1. The van der Waals surface area contributed by atoms with E-state index in [1.54, 1.807) is 18.2 Å². The Morgan fingerprint density at radius 3 is 2.38 bits per heavy atom. The second kappa shape index (κ2) is 6.69. The Hall–Kier alpha value is -2.91. The van der Waals surface area contributed by atoms with Crippen molar-refractivity contribution in [3.63, 3.8) is 0 Å². The summed E-state index contributed by atoms with van der Waals surface area (Å²) in [6.45, 7) is 0. The van der Waals surface area contributed by atoms with Crippen molar-refractivity contribution in [2.75, 3.05) is 14.2 Å². The van der Waals surface area contributed by atoms with Crippen LogP contribution in [0.3, 0.4) is 0 Å². The summed E-state index contributed by atoms with van der Waals surface area (Å²) in [4.78, 5) is 17.4. The molecule has 3 rings (SSSR count).